The average molecular weight is 517 g/mol. The number of aromatic nitrogens is 3. The molecule has 7 heteroatoms. The van der Waals surface area contributed by atoms with Crippen LogP contribution < -0.4 is 15.6 Å². The van der Waals surface area contributed by atoms with Crippen molar-refractivity contribution in [1.82, 2.24) is 15.0 Å². The largest absolute Gasteiger partial charge is 0.497 e. The van der Waals surface area contributed by atoms with Crippen LogP contribution in [0.25, 0.3) is 32.9 Å². The zero-order valence-electron chi connectivity index (χ0n) is 20.6. The minimum absolute atomic E-state index is 0.0723. The Balaban J connectivity index is 1.14. The molecule has 2 aromatic heterocycles. The SMILES string of the molecule is COc1ccc2[nH]c(=O)c(CSc3ccc(Nc4nccc(-c5ccc6ccccc6c5)n4)cc3)cc2c1. The fourth-order valence-electron chi connectivity index (χ4n) is 4.32. The van der Waals surface area contributed by atoms with Gasteiger partial charge in [-0.2, -0.15) is 0 Å². The quantitative estimate of drug-likeness (QED) is 0.219. The first-order chi connectivity index (χ1) is 18.6. The number of pyridine rings is 1. The summed E-state index contributed by atoms with van der Waals surface area (Å²) < 4.78 is 5.31. The van der Waals surface area contributed by atoms with Crippen molar-refractivity contribution >= 4 is 45.1 Å². The molecule has 186 valence electrons. The summed E-state index contributed by atoms with van der Waals surface area (Å²) in [5, 5.41) is 6.62. The average Bonchev–Trinajstić information content (AvgIpc) is 2.96. The Morgan fingerprint density at radius 3 is 2.55 bits per heavy atom. The van der Waals surface area contributed by atoms with Gasteiger partial charge in [0.1, 0.15) is 5.75 Å². The Morgan fingerprint density at radius 2 is 1.71 bits per heavy atom. The second-order valence-electron chi connectivity index (χ2n) is 8.84. The number of benzene rings is 4. The molecular formula is C31H24N4O2S. The first-order valence-electron chi connectivity index (χ1n) is 12.2. The van der Waals surface area contributed by atoms with E-state index in [0.29, 0.717) is 11.7 Å². The van der Waals surface area contributed by atoms with Gasteiger partial charge in [0.05, 0.1) is 12.8 Å². The highest BCUT2D eigenvalue weighted by molar-refractivity contribution is 7.98. The van der Waals surface area contributed by atoms with Gasteiger partial charge in [-0.1, -0.05) is 36.4 Å². The van der Waals surface area contributed by atoms with Crippen molar-refractivity contribution in [3.63, 3.8) is 0 Å². The molecule has 0 amide bonds. The van der Waals surface area contributed by atoms with Crippen LogP contribution >= 0.6 is 11.8 Å². The van der Waals surface area contributed by atoms with Gasteiger partial charge >= 0.3 is 0 Å². The number of fused-ring (bicyclic) bond motifs is 2. The van der Waals surface area contributed by atoms with Crippen molar-refractivity contribution in [1.29, 1.82) is 0 Å². The lowest BCUT2D eigenvalue weighted by Crippen LogP contribution is -2.11. The molecule has 4 aromatic carbocycles. The number of thioether (sulfide) groups is 1. The molecule has 0 unspecified atom stereocenters. The van der Waals surface area contributed by atoms with E-state index < -0.39 is 0 Å². The number of nitrogens with one attached hydrogen (secondary N) is 2. The lowest BCUT2D eigenvalue weighted by molar-refractivity contribution is 0.415. The van der Waals surface area contributed by atoms with Crippen LogP contribution in [-0.2, 0) is 5.75 Å². The number of hydrogen-bond acceptors (Lipinski definition) is 6. The fraction of sp³-hybridized carbons (Fsp3) is 0.0645. The molecule has 2 heterocycles. The summed E-state index contributed by atoms with van der Waals surface area (Å²) in [5.41, 5.74) is 4.24. The smallest absolute Gasteiger partial charge is 0.252 e. The molecule has 0 fully saturated rings. The summed E-state index contributed by atoms with van der Waals surface area (Å²) >= 11 is 1.61. The Hall–Kier alpha value is -4.62. The van der Waals surface area contributed by atoms with E-state index in [1.54, 1.807) is 25.1 Å². The van der Waals surface area contributed by atoms with Crippen LogP contribution in [0.2, 0.25) is 0 Å². The van der Waals surface area contributed by atoms with Gasteiger partial charge in [-0.3, -0.25) is 4.79 Å². The number of hydrogen-bond donors (Lipinski definition) is 2. The van der Waals surface area contributed by atoms with Crippen molar-refractivity contribution in [2.24, 2.45) is 0 Å². The van der Waals surface area contributed by atoms with Crippen molar-refractivity contribution < 1.29 is 4.74 Å². The van der Waals surface area contributed by atoms with Gasteiger partial charge in [-0.05, 0) is 71.4 Å². The number of methoxy groups -OCH3 is 1. The number of aromatic amines is 1. The van der Waals surface area contributed by atoms with Crippen molar-refractivity contribution in [3.05, 3.63) is 119 Å². The topological polar surface area (TPSA) is 79.9 Å². The maximum atomic E-state index is 12.5. The summed E-state index contributed by atoms with van der Waals surface area (Å²) in [7, 11) is 1.63. The van der Waals surface area contributed by atoms with Crippen LogP contribution in [0.5, 0.6) is 5.75 Å². The number of ether oxygens (including phenoxy) is 1. The molecule has 6 aromatic rings. The minimum atomic E-state index is -0.0723. The van der Waals surface area contributed by atoms with E-state index in [0.717, 1.165) is 44.1 Å². The van der Waals surface area contributed by atoms with Gasteiger partial charge < -0.3 is 15.0 Å². The summed E-state index contributed by atoms with van der Waals surface area (Å²) in [6.45, 7) is 0. The maximum absolute atomic E-state index is 12.5. The molecule has 0 saturated carbocycles. The third-order valence-corrected chi connectivity index (χ3v) is 7.39. The second-order valence-corrected chi connectivity index (χ2v) is 9.89. The zero-order chi connectivity index (χ0) is 25.9. The highest BCUT2D eigenvalue weighted by Crippen LogP contribution is 2.27. The minimum Gasteiger partial charge on any atom is -0.497 e. The molecule has 0 saturated heterocycles. The Kier molecular flexibility index (Phi) is 6.50. The molecule has 38 heavy (non-hydrogen) atoms. The first kappa shape index (κ1) is 23.8. The van der Waals surface area contributed by atoms with E-state index in [-0.39, 0.29) is 5.56 Å². The van der Waals surface area contributed by atoms with Gasteiger partial charge in [0.25, 0.3) is 5.56 Å². The highest BCUT2D eigenvalue weighted by atomic mass is 32.2. The third kappa shape index (κ3) is 5.10. The van der Waals surface area contributed by atoms with E-state index in [9.17, 15) is 4.79 Å². The standard InChI is InChI=1S/C31H24N4O2S/c1-37-26-10-13-28-23(18-26)17-24(30(36)34-28)19-38-27-11-8-25(9-12-27)33-31-32-15-14-29(35-31)22-7-6-20-4-2-3-5-21(20)16-22/h2-18H,19H2,1H3,(H,34,36)(H,32,33,35). The van der Waals surface area contributed by atoms with E-state index in [4.69, 9.17) is 9.72 Å². The first-order valence-corrected chi connectivity index (χ1v) is 13.2. The molecule has 0 spiro atoms. The predicted molar refractivity (Wildman–Crippen MR) is 155 cm³/mol. The summed E-state index contributed by atoms with van der Waals surface area (Å²) in [5.74, 6) is 1.86. The van der Waals surface area contributed by atoms with E-state index in [1.165, 1.54) is 10.8 Å². The third-order valence-electron chi connectivity index (χ3n) is 6.33. The normalized spacial score (nSPS) is 11.1. The number of H-pyrrole nitrogens is 1. The number of rotatable bonds is 7. The van der Waals surface area contributed by atoms with Crippen LogP contribution in [0.15, 0.2) is 113 Å². The molecule has 0 bridgehead atoms. The van der Waals surface area contributed by atoms with Gasteiger partial charge in [0.15, 0.2) is 0 Å². The van der Waals surface area contributed by atoms with E-state index in [2.05, 4.69) is 45.6 Å². The van der Waals surface area contributed by atoms with Gasteiger partial charge in [0, 0.05) is 44.6 Å². The summed E-state index contributed by atoms with van der Waals surface area (Å²) in [6, 6.07) is 32.1. The number of anilines is 2. The molecule has 6 nitrogen and oxygen atoms in total. The Morgan fingerprint density at radius 1 is 0.868 bits per heavy atom. The van der Waals surface area contributed by atoms with Crippen molar-refractivity contribution in [3.8, 4) is 17.0 Å². The molecule has 0 aliphatic heterocycles. The van der Waals surface area contributed by atoms with Crippen LogP contribution in [0.3, 0.4) is 0 Å². The maximum Gasteiger partial charge on any atom is 0.252 e. The molecule has 0 atom stereocenters. The molecule has 2 N–H and O–H groups in total. The van der Waals surface area contributed by atoms with Crippen LogP contribution in [0.1, 0.15) is 5.56 Å². The molecule has 0 radical (unpaired) electrons. The molecule has 0 aliphatic rings. The molecular weight excluding hydrogens is 492 g/mol. The van der Waals surface area contributed by atoms with Crippen molar-refractivity contribution in [2.45, 2.75) is 10.6 Å². The van der Waals surface area contributed by atoms with E-state index >= 15 is 0 Å². The lowest BCUT2D eigenvalue weighted by atomic mass is 10.1. The summed E-state index contributed by atoms with van der Waals surface area (Å²) in [4.78, 5) is 25.7. The highest BCUT2D eigenvalue weighted by Gasteiger charge is 2.07. The predicted octanol–water partition coefficient (Wildman–Crippen LogP) is 7.18. The van der Waals surface area contributed by atoms with Gasteiger partial charge in [-0.25, -0.2) is 9.97 Å². The summed E-state index contributed by atoms with van der Waals surface area (Å²) in [6.07, 6.45) is 1.76. The molecule has 6 rings (SSSR count). The Bertz CT molecular complexity index is 1820. The van der Waals surface area contributed by atoms with Gasteiger partial charge in [0.2, 0.25) is 5.95 Å². The van der Waals surface area contributed by atoms with E-state index in [1.807, 2.05) is 66.7 Å². The van der Waals surface area contributed by atoms with Crippen LogP contribution in [-0.4, -0.2) is 22.1 Å². The van der Waals surface area contributed by atoms with Gasteiger partial charge in [-0.15, -0.1) is 11.8 Å². The Labute approximate surface area is 223 Å². The van der Waals surface area contributed by atoms with Crippen LogP contribution in [0.4, 0.5) is 11.6 Å². The van der Waals surface area contributed by atoms with Crippen molar-refractivity contribution in [2.75, 3.05) is 12.4 Å². The lowest BCUT2D eigenvalue weighted by Gasteiger charge is -2.09. The van der Waals surface area contributed by atoms with Crippen LogP contribution in [0, 0.1) is 0 Å². The fourth-order valence-corrected chi connectivity index (χ4v) is 5.18. The molecule has 0 aliphatic carbocycles. The zero-order valence-corrected chi connectivity index (χ0v) is 21.5. The monoisotopic (exact) mass is 516 g/mol. The second kappa shape index (κ2) is 10.4. The number of nitrogens with zero attached hydrogens (tertiary/aromatic N) is 2.